The van der Waals surface area contributed by atoms with Gasteiger partial charge < -0.3 is 20.3 Å². The zero-order valence-corrected chi connectivity index (χ0v) is 39.9. The van der Waals surface area contributed by atoms with Crippen molar-refractivity contribution in [2.75, 3.05) is 13.2 Å². The average Bonchev–Trinajstić information content (AvgIpc) is 3.25. The number of nitrogens with one attached hydrogen (secondary N) is 1. The molecule has 0 radical (unpaired) electrons. The molecular formula is C54H101NO5. The van der Waals surface area contributed by atoms with Crippen molar-refractivity contribution in [2.24, 2.45) is 0 Å². The van der Waals surface area contributed by atoms with E-state index in [1.807, 2.05) is 0 Å². The number of esters is 1. The van der Waals surface area contributed by atoms with Gasteiger partial charge in [0, 0.05) is 12.8 Å². The van der Waals surface area contributed by atoms with E-state index < -0.39 is 12.1 Å². The molecule has 6 nitrogen and oxygen atoms in total. The van der Waals surface area contributed by atoms with Crippen LogP contribution in [0.2, 0.25) is 0 Å². The molecular weight excluding hydrogens is 743 g/mol. The lowest BCUT2D eigenvalue weighted by molar-refractivity contribution is -0.143. The van der Waals surface area contributed by atoms with Crippen molar-refractivity contribution in [3.8, 4) is 0 Å². The van der Waals surface area contributed by atoms with Crippen molar-refractivity contribution < 1.29 is 24.5 Å². The molecule has 1 amide bonds. The lowest BCUT2D eigenvalue weighted by atomic mass is 10.0. The predicted octanol–water partition coefficient (Wildman–Crippen LogP) is 15.7. The quantitative estimate of drug-likeness (QED) is 0.0322. The fraction of sp³-hybridized carbons (Fsp3) is 0.852. The molecule has 0 aliphatic rings. The van der Waals surface area contributed by atoms with Gasteiger partial charge in [0.2, 0.25) is 5.91 Å². The lowest BCUT2D eigenvalue weighted by Crippen LogP contribution is -2.45. The summed E-state index contributed by atoms with van der Waals surface area (Å²) < 4.78 is 5.47. The summed E-state index contributed by atoms with van der Waals surface area (Å²) in [5.74, 6) is -0.0666. The summed E-state index contributed by atoms with van der Waals surface area (Å²) in [6, 6.07) is -0.552. The molecule has 0 spiro atoms. The van der Waals surface area contributed by atoms with Gasteiger partial charge in [-0.3, -0.25) is 9.59 Å². The highest BCUT2D eigenvalue weighted by Crippen LogP contribution is 2.15. The number of ether oxygens (including phenoxy) is 1. The number of hydrogen-bond acceptors (Lipinski definition) is 5. The van der Waals surface area contributed by atoms with E-state index in [2.05, 4.69) is 55.6 Å². The van der Waals surface area contributed by atoms with Gasteiger partial charge in [0.1, 0.15) is 0 Å². The zero-order valence-electron chi connectivity index (χ0n) is 39.9. The van der Waals surface area contributed by atoms with Crippen LogP contribution >= 0.6 is 0 Å². The first-order chi connectivity index (χ1) is 29.5. The Morgan fingerprint density at radius 2 is 0.833 bits per heavy atom. The van der Waals surface area contributed by atoms with Crippen LogP contribution in [0.15, 0.2) is 36.5 Å². The highest BCUT2D eigenvalue weighted by Gasteiger charge is 2.20. The Hall–Kier alpha value is -1.92. The molecule has 6 heteroatoms. The zero-order chi connectivity index (χ0) is 43.7. The topological polar surface area (TPSA) is 95.9 Å². The number of carbonyl (C=O) groups is 2. The van der Waals surface area contributed by atoms with Crippen molar-refractivity contribution in [2.45, 2.75) is 283 Å². The first kappa shape index (κ1) is 58.1. The van der Waals surface area contributed by atoms with E-state index >= 15 is 0 Å². The Bertz CT molecular complexity index is 977. The van der Waals surface area contributed by atoms with Gasteiger partial charge in [-0.2, -0.15) is 0 Å². The Morgan fingerprint density at radius 3 is 1.30 bits per heavy atom. The molecule has 0 aliphatic heterocycles. The van der Waals surface area contributed by atoms with Gasteiger partial charge in [0.15, 0.2) is 0 Å². The molecule has 2 atom stereocenters. The summed E-state index contributed by atoms with van der Waals surface area (Å²) in [7, 11) is 0. The molecule has 0 aromatic carbocycles. The van der Waals surface area contributed by atoms with Crippen LogP contribution in [-0.4, -0.2) is 47.4 Å². The maximum Gasteiger partial charge on any atom is 0.305 e. The average molecular weight is 844 g/mol. The third-order valence-corrected chi connectivity index (χ3v) is 11.9. The SMILES string of the molecule is CCCCCC/C=C\C/C=C\CCCCCCCCCC(=O)OCCCCCCCCC/C=C\CCCCCCCC(=O)NC(CO)C(O)CCCCCCCCCCC. The number of amides is 1. The van der Waals surface area contributed by atoms with E-state index in [9.17, 15) is 19.8 Å². The highest BCUT2D eigenvalue weighted by molar-refractivity contribution is 5.76. The van der Waals surface area contributed by atoms with Crippen molar-refractivity contribution in [3.63, 3.8) is 0 Å². The molecule has 0 aromatic heterocycles. The summed E-state index contributed by atoms with van der Waals surface area (Å²) in [5.41, 5.74) is 0. The minimum Gasteiger partial charge on any atom is -0.466 e. The number of rotatable bonds is 48. The second-order valence-corrected chi connectivity index (χ2v) is 17.8. The number of allylic oxidation sites excluding steroid dienone is 6. The summed E-state index contributed by atoms with van der Waals surface area (Å²) in [4.78, 5) is 24.4. The minimum atomic E-state index is -0.673. The molecule has 0 aromatic rings. The number of carbonyl (C=O) groups excluding carboxylic acids is 2. The molecule has 352 valence electrons. The molecule has 0 aliphatic carbocycles. The van der Waals surface area contributed by atoms with Gasteiger partial charge >= 0.3 is 5.97 Å². The van der Waals surface area contributed by atoms with Crippen LogP contribution in [0.25, 0.3) is 0 Å². The van der Waals surface area contributed by atoms with Crippen LogP contribution in [0, 0.1) is 0 Å². The number of hydrogen-bond donors (Lipinski definition) is 3. The fourth-order valence-corrected chi connectivity index (χ4v) is 7.84. The summed E-state index contributed by atoms with van der Waals surface area (Å²) >= 11 is 0. The lowest BCUT2D eigenvalue weighted by Gasteiger charge is -2.22. The van der Waals surface area contributed by atoms with Gasteiger partial charge in [-0.1, -0.05) is 211 Å². The Balaban J connectivity index is 3.44. The molecule has 0 fully saturated rings. The number of aliphatic hydroxyl groups is 2. The van der Waals surface area contributed by atoms with Crippen LogP contribution in [0.3, 0.4) is 0 Å². The maximum absolute atomic E-state index is 12.4. The Labute approximate surface area is 373 Å². The van der Waals surface area contributed by atoms with Gasteiger partial charge in [-0.15, -0.1) is 0 Å². The van der Waals surface area contributed by atoms with Crippen molar-refractivity contribution in [1.82, 2.24) is 5.32 Å². The standard InChI is InChI=1S/C54H101NO5/c1-3-5-7-9-11-13-14-15-16-17-18-22-25-28-32-36-40-44-48-54(59)60-49-45-41-37-33-29-26-23-20-19-21-24-27-31-35-39-43-47-53(58)55-51(50-56)52(57)46-42-38-34-30-12-10-8-6-4-2/h13-14,16-17,19,21,51-52,56-57H,3-12,15,18,20,22-50H2,1-2H3,(H,55,58)/b14-13-,17-16-,21-19-. The van der Waals surface area contributed by atoms with Gasteiger partial charge in [-0.05, 0) is 83.5 Å². The van der Waals surface area contributed by atoms with Crippen LogP contribution in [-0.2, 0) is 14.3 Å². The highest BCUT2D eigenvalue weighted by atomic mass is 16.5. The van der Waals surface area contributed by atoms with Gasteiger partial charge in [-0.25, -0.2) is 0 Å². The molecule has 60 heavy (non-hydrogen) atoms. The van der Waals surface area contributed by atoms with Crippen LogP contribution in [0.4, 0.5) is 0 Å². The van der Waals surface area contributed by atoms with Crippen molar-refractivity contribution in [1.29, 1.82) is 0 Å². The molecule has 0 saturated carbocycles. The smallest absolute Gasteiger partial charge is 0.305 e. The largest absolute Gasteiger partial charge is 0.466 e. The van der Waals surface area contributed by atoms with Gasteiger partial charge in [0.25, 0.3) is 0 Å². The van der Waals surface area contributed by atoms with Crippen molar-refractivity contribution >= 4 is 11.9 Å². The molecule has 0 heterocycles. The minimum absolute atomic E-state index is 0.0109. The van der Waals surface area contributed by atoms with E-state index in [-0.39, 0.29) is 18.5 Å². The fourth-order valence-electron chi connectivity index (χ4n) is 7.84. The molecule has 0 bridgehead atoms. The maximum atomic E-state index is 12.4. The third-order valence-electron chi connectivity index (χ3n) is 11.9. The van der Waals surface area contributed by atoms with E-state index in [0.29, 0.717) is 25.9 Å². The molecule has 0 saturated heterocycles. The van der Waals surface area contributed by atoms with Crippen LogP contribution < -0.4 is 5.32 Å². The number of unbranched alkanes of at least 4 members (excludes halogenated alkanes) is 31. The molecule has 2 unspecified atom stereocenters. The number of aliphatic hydroxyl groups excluding tert-OH is 2. The van der Waals surface area contributed by atoms with E-state index in [0.717, 1.165) is 70.6 Å². The normalized spacial score (nSPS) is 12.9. The Morgan fingerprint density at radius 1 is 0.467 bits per heavy atom. The molecule has 0 rings (SSSR count). The predicted molar refractivity (Wildman–Crippen MR) is 259 cm³/mol. The van der Waals surface area contributed by atoms with Gasteiger partial charge in [0.05, 0.1) is 25.4 Å². The van der Waals surface area contributed by atoms with E-state index in [4.69, 9.17) is 4.74 Å². The summed E-state index contributed by atoms with van der Waals surface area (Å²) in [6.07, 6.45) is 59.8. The molecule has 3 N–H and O–H groups in total. The van der Waals surface area contributed by atoms with E-state index in [1.165, 1.54) is 167 Å². The Kier molecular flexibility index (Phi) is 48.1. The second kappa shape index (κ2) is 49.7. The summed E-state index contributed by atoms with van der Waals surface area (Å²) in [6.45, 7) is 4.88. The van der Waals surface area contributed by atoms with Crippen LogP contribution in [0.5, 0.6) is 0 Å². The van der Waals surface area contributed by atoms with Crippen LogP contribution in [0.1, 0.15) is 271 Å². The summed E-state index contributed by atoms with van der Waals surface area (Å²) in [5, 5.41) is 23.0. The second-order valence-electron chi connectivity index (χ2n) is 17.8. The monoisotopic (exact) mass is 844 g/mol. The first-order valence-electron chi connectivity index (χ1n) is 26.2. The first-order valence-corrected chi connectivity index (χ1v) is 26.2. The third kappa shape index (κ3) is 45.6. The van der Waals surface area contributed by atoms with E-state index in [1.54, 1.807) is 0 Å². The van der Waals surface area contributed by atoms with Crippen molar-refractivity contribution in [3.05, 3.63) is 36.5 Å².